The first-order valence-corrected chi connectivity index (χ1v) is 6.70. The van der Waals surface area contributed by atoms with Gasteiger partial charge in [-0.2, -0.15) is 5.10 Å². The highest BCUT2D eigenvalue weighted by Gasteiger charge is 2.11. The molecule has 0 aliphatic rings. The number of nitrogens with one attached hydrogen (secondary N) is 1. The van der Waals surface area contributed by atoms with Gasteiger partial charge in [0.05, 0.1) is 18.7 Å². The van der Waals surface area contributed by atoms with Crippen molar-refractivity contribution in [2.45, 2.75) is 6.54 Å². The molecule has 3 aromatic rings. The van der Waals surface area contributed by atoms with Crippen LogP contribution in [0.1, 0.15) is 0 Å². The molecule has 2 heterocycles. The largest absolute Gasteiger partial charge is 0.383 e. The summed E-state index contributed by atoms with van der Waals surface area (Å²) < 4.78 is 7.67. The average molecular weight is 286 g/mol. The van der Waals surface area contributed by atoms with E-state index >= 15 is 0 Å². The Kier molecular flexibility index (Phi) is 3.58. The van der Waals surface area contributed by atoms with Crippen molar-refractivity contribution in [2.75, 3.05) is 13.7 Å². The van der Waals surface area contributed by atoms with Crippen LogP contribution < -0.4 is 0 Å². The molecule has 1 aromatic carbocycles. The Morgan fingerprint density at radius 3 is 3.05 bits per heavy atom. The van der Waals surface area contributed by atoms with E-state index in [1.54, 1.807) is 13.3 Å². The fourth-order valence-corrected chi connectivity index (χ4v) is 2.44. The molecule has 0 saturated carbocycles. The maximum Gasteiger partial charge on any atom is 0.195 e. The summed E-state index contributed by atoms with van der Waals surface area (Å²) in [6.07, 6.45) is 1.79. The molecular formula is C14H14N4OS. The maximum absolute atomic E-state index is 5.28. The molecule has 0 aliphatic carbocycles. The Hall–Kier alpha value is -2.05. The van der Waals surface area contributed by atoms with Crippen LogP contribution in [-0.4, -0.2) is 33.5 Å². The molecule has 6 heteroatoms. The lowest BCUT2D eigenvalue weighted by Crippen LogP contribution is -2.06. The first-order valence-electron chi connectivity index (χ1n) is 6.29. The summed E-state index contributed by atoms with van der Waals surface area (Å²) in [5, 5.41) is 8.26. The van der Waals surface area contributed by atoms with Crippen molar-refractivity contribution in [3.8, 4) is 11.4 Å². The van der Waals surface area contributed by atoms with E-state index in [1.807, 2.05) is 34.9 Å². The second-order valence-electron chi connectivity index (χ2n) is 4.37. The molecule has 0 unspecified atom stereocenters. The number of rotatable bonds is 4. The molecule has 102 valence electrons. The highest BCUT2D eigenvalue weighted by Crippen LogP contribution is 2.26. The van der Waals surface area contributed by atoms with Crippen molar-refractivity contribution in [1.29, 1.82) is 0 Å². The molecule has 3 rings (SSSR count). The molecule has 0 radical (unpaired) electrons. The van der Waals surface area contributed by atoms with Crippen molar-refractivity contribution in [3.63, 3.8) is 0 Å². The number of aromatic amines is 1. The molecule has 0 aliphatic heterocycles. The Balaban J connectivity index is 2.19. The Bertz CT molecular complexity index is 788. The van der Waals surface area contributed by atoms with E-state index in [1.165, 1.54) is 0 Å². The van der Waals surface area contributed by atoms with Gasteiger partial charge in [0.1, 0.15) is 0 Å². The van der Waals surface area contributed by atoms with Crippen LogP contribution in [0.4, 0.5) is 0 Å². The third kappa shape index (κ3) is 2.23. The topological polar surface area (TPSA) is 55.7 Å². The SMILES string of the molecule is COCCn1c(-c2cccc3ncccc23)n[nH]c1=S. The second-order valence-corrected chi connectivity index (χ2v) is 4.76. The zero-order valence-corrected chi connectivity index (χ0v) is 11.9. The number of methoxy groups -OCH3 is 1. The summed E-state index contributed by atoms with van der Waals surface area (Å²) in [6.45, 7) is 1.25. The summed E-state index contributed by atoms with van der Waals surface area (Å²) in [5.74, 6) is 0.811. The van der Waals surface area contributed by atoms with Crippen molar-refractivity contribution >= 4 is 23.1 Å². The number of H-pyrrole nitrogens is 1. The van der Waals surface area contributed by atoms with Gasteiger partial charge in [0.15, 0.2) is 10.6 Å². The average Bonchev–Trinajstić information content (AvgIpc) is 2.85. The van der Waals surface area contributed by atoms with Crippen molar-refractivity contribution in [2.24, 2.45) is 0 Å². The minimum atomic E-state index is 0.587. The molecule has 1 N–H and O–H groups in total. The quantitative estimate of drug-likeness (QED) is 0.749. The van der Waals surface area contributed by atoms with Gasteiger partial charge in [-0.3, -0.25) is 14.6 Å². The van der Waals surface area contributed by atoms with Crippen LogP contribution in [0.15, 0.2) is 36.5 Å². The van der Waals surface area contributed by atoms with E-state index < -0.39 is 0 Å². The minimum absolute atomic E-state index is 0.587. The number of benzene rings is 1. The molecule has 2 aromatic heterocycles. The van der Waals surface area contributed by atoms with Gasteiger partial charge in [-0.25, -0.2) is 0 Å². The molecular weight excluding hydrogens is 272 g/mol. The fraction of sp³-hybridized carbons (Fsp3) is 0.214. The van der Waals surface area contributed by atoms with E-state index in [-0.39, 0.29) is 0 Å². The number of nitrogens with zero attached hydrogens (tertiary/aromatic N) is 3. The van der Waals surface area contributed by atoms with Gasteiger partial charge in [0.25, 0.3) is 0 Å². The third-order valence-electron chi connectivity index (χ3n) is 3.16. The van der Waals surface area contributed by atoms with E-state index in [0.717, 1.165) is 22.3 Å². The van der Waals surface area contributed by atoms with E-state index in [4.69, 9.17) is 17.0 Å². The van der Waals surface area contributed by atoms with Gasteiger partial charge in [0.2, 0.25) is 0 Å². The van der Waals surface area contributed by atoms with Gasteiger partial charge in [0, 0.05) is 24.3 Å². The van der Waals surface area contributed by atoms with Crippen LogP contribution in [0.2, 0.25) is 0 Å². The monoisotopic (exact) mass is 286 g/mol. The van der Waals surface area contributed by atoms with Crippen molar-refractivity contribution < 1.29 is 4.74 Å². The number of ether oxygens (including phenoxy) is 1. The van der Waals surface area contributed by atoms with Crippen molar-refractivity contribution in [1.82, 2.24) is 19.7 Å². The summed E-state index contributed by atoms with van der Waals surface area (Å²) in [4.78, 5) is 4.37. The van der Waals surface area contributed by atoms with E-state index in [9.17, 15) is 0 Å². The Morgan fingerprint density at radius 2 is 2.20 bits per heavy atom. The summed E-state index contributed by atoms with van der Waals surface area (Å²) >= 11 is 5.28. The summed E-state index contributed by atoms with van der Waals surface area (Å²) in [5.41, 5.74) is 1.95. The predicted molar refractivity (Wildman–Crippen MR) is 80.0 cm³/mol. The number of fused-ring (bicyclic) bond motifs is 1. The number of hydrogen-bond donors (Lipinski definition) is 1. The summed E-state index contributed by atoms with van der Waals surface area (Å²) in [6, 6.07) is 9.95. The zero-order chi connectivity index (χ0) is 13.9. The minimum Gasteiger partial charge on any atom is -0.383 e. The van der Waals surface area contributed by atoms with Crippen molar-refractivity contribution in [3.05, 3.63) is 41.3 Å². The lowest BCUT2D eigenvalue weighted by atomic mass is 10.1. The lowest BCUT2D eigenvalue weighted by molar-refractivity contribution is 0.187. The molecule has 0 spiro atoms. The molecule has 5 nitrogen and oxygen atoms in total. The highest BCUT2D eigenvalue weighted by molar-refractivity contribution is 7.71. The Labute approximate surface area is 121 Å². The predicted octanol–water partition coefficient (Wildman–Crippen LogP) is 2.80. The van der Waals surface area contributed by atoms with Gasteiger partial charge in [-0.1, -0.05) is 18.2 Å². The first-order chi connectivity index (χ1) is 9.81. The zero-order valence-electron chi connectivity index (χ0n) is 11.0. The number of pyridine rings is 1. The highest BCUT2D eigenvalue weighted by atomic mass is 32.1. The van der Waals surface area contributed by atoms with Crippen LogP contribution in [0.25, 0.3) is 22.3 Å². The first kappa shape index (κ1) is 13.0. The molecule has 0 atom stereocenters. The number of hydrogen-bond acceptors (Lipinski definition) is 4. The molecule has 0 saturated heterocycles. The maximum atomic E-state index is 5.28. The Morgan fingerprint density at radius 1 is 1.30 bits per heavy atom. The lowest BCUT2D eigenvalue weighted by Gasteiger charge is -2.08. The third-order valence-corrected chi connectivity index (χ3v) is 3.48. The van der Waals surface area contributed by atoms with Gasteiger partial charge in [-0.05, 0) is 24.4 Å². The van der Waals surface area contributed by atoms with Crippen LogP contribution in [0.3, 0.4) is 0 Å². The fourth-order valence-electron chi connectivity index (χ4n) is 2.21. The van der Waals surface area contributed by atoms with Gasteiger partial charge < -0.3 is 4.74 Å². The van der Waals surface area contributed by atoms with Crippen LogP contribution >= 0.6 is 12.2 Å². The molecule has 0 fully saturated rings. The van der Waals surface area contributed by atoms with E-state index in [2.05, 4.69) is 15.2 Å². The number of aromatic nitrogens is 4. The normalized spacial score (nSPS) is 11.1. The van der Waals surface area contributed by atoms with Gasteiger partial charge >= 0.3 is 0 Å². The van der Waals surface area contributed by atoms with Crippen LogP contribution in [0, 0.1) is 4.77 Å². The molecule has 0 amide bonds. The van der Waals surface area contributed by atoms with Crippen LogP contribution in [-0.2, 0) is 11.3 Å². The van der Waals surface area contributed by atoms with E-state index in [0.29, 0.717) is 17.9 Å². The second kappa shape index (κ2) is 5.52. The van der Waals surface area contributed by atoms with Crippen LogP contribution in [0.5, 0.6) is 0 Å². The standard InChI is InChI=1S/C14H14N4OS/c1-19-9-8-18-13(16-17-14(18)20)11-4-2-6-12-10(11)5-3-7-15-12/h2-7H,8-9H2,1H3,(H,17,20). The smallest absolute Gasteiger partial charge is 0.195 e. The molecule has 0 bridgehead atoms. The van der Waals surface area contributed by atoms with Gasteiger partial charge in [-0.15, -0.1) is 0 Å². The molecule has 20 heavy (non-hydrogen) atoms. The summed E-state index contributed by atoms with van der Waals surface area (Å²) in [7, 11) is 1.67.